The molecule has 18 heavy (non-hydrogen) atoms. The van der Waals surface area contributed by atoms with Gasteiger partial charge < -0.3 is 15.2 Å². The van der Waals surface area contributed by atoms with Crippen LogP contribution in [0.25, 0.3) is 0 Å². The van der Waals surface area contributed by atoms with Crippen LogP contribution in [0.2, 0.25) is 0 Å². The summed E-state index contributed by atoms with van der Waals surface area (Å²) in [5.74, 6) is 0.671. The number of hydrogen-bond donors (Lipinski definition) is 2. The van der Waals surface area contributed by atoms with Crippen molar-refractivity contribution in [3.05, 3.63) is 0 Å². The highest BCUT2D eigenvalue weighted by Gasteiger charge is 2.41. The van der Waals surface area contributed by atoms with Gasteiger partial charge in [0, 0.05) is 13.2 Å². The predicted molar refractivity (Wildman–Crippen MR) is 71.2 cm³/mol. The van der Waals surface area contributed by atoms with E-state index in [0.717, 1.165) is 12.8 Å². The highest BCUT2D eigenvalue weighted by Crippen LogP contribution is 2.32. The van der Waals surface area contributed by atoms with Crippen LogP contribution in [0.1, 0.15) is 40.5 Å². The first-order valence-electron chi connectivity index (χ1n) is 7.05. The van der Waals surface area contributed by atoms with Crippen LogP contribution >= 0.6 is 0 Å². The number of carbonyl (C=O) groups excluding carboxylic acids is 1. The van der Waals surface area contributed by atoms with Gasteiger partial charge in [-0.3, -0.25) is 4.79 Å². The molecule has 5 atom stereocenters. The Labute approximate surface area is 110 Å². The van der Waals surface area contributed by atoms with Crippen LogP contribution < -0.4 is 5.32 Å². The summed E-state index contributed by atoms with van der Waals surface area (Å²) < 4.78 is 5.69. The molecule has 0 spiro atoms. The van der Waals surface area contributed by atoms with Crippen LogP contribution in [0.3, 0.4) is 0 Å². The van der Waals surface area contributed by atoms with E-state index in [2.05, 4.69) is 19.2 Å². The Kier molecular flexibility index (Phi) is 6.09. The molecule has 2 N–H and O–H groups in total. The summed E-state index contributed by atoms with van der Waals surface area (Å²) in [6, 6.07) is 0. The molecule has 1 fully saturated rings. The number of aliphatic hydroxyl groups is 1. The molecule has 0 saturated carbocycles. The lowest BCUT2D eigenvalue weighted by atomic mass is 9.88. The van der Waals surface area contributed by atoms with Crippen LogP contribution in [0.5, 0.6) is 0 Å². The molecule has 1 aliphatic heterocycles. The number of rotatable bonds is 6. The lowest BCUT2D eigenvalue weighted by Gasteiger charge is -2.20. The van der Waals surface area contributed by atoms with Crippen LogP contribution in [0.15, 0.2) is 0 Å². The van der Waals surface area contributed by atoms with Crippen molar-refractivity contribution < 1.29 is 14.6 Å². The van der Waals surface area contributed by atoms with Crippen LogP contribution in [-0.4, -0.2) is 36.4 Å². The summed E-state index contributed by atoms with van der Waals surface area (Å²) in [5, 5.41) is 11.9. The fourth-order valence-corrected chi connectivity index (χ4v) is 2.71. The summed E-state index contributed by atoms with van der Waals surface area (Å²) in [5.41, 5.74) is 0. The van der Waals surface area contributed by atoms with Crippen LogP contribution in [0, 0.1) is 17.8 Å². The van der Waals surface area contributed by atoms with Crippen molar-refractivity contribution in [2.45, 2.75) is 52.7 Å². The average molecular weight is 257 g/mol. The zero-order chi connectivity index (χ0) is 13.7. The summed E-state index contributed by atoms with van der Waals surface area (Å²) in [6.45, 7) is 8.98. The normalized spacial score (nSPS) is 33.4. The van der Waals surface area contributed by atoms with Gasteiger partial charge in [-0.1, -0.05) is 20.3 Å². The molecule has 4 nitrogen and oxygen atoms in total. The molecular formula is C14H27NO3. The van der Waals surface area contributed by atoms with E-state index >= 15 is 0 Å². The molecule has 0 aromatic carbocycles. The zero-order valence-electron chi connectivity index (χ0n) is 12.0. The topological polar surface area (TPSA) is 58.6 Å². The van der Waals surface area contributed by atoms with Gasteiger partial charge in [0.25, 0.3) is 0 Å². The SMILES string of the molecule is CCC(CCO)CNC(=O)C1C(C)OC(C)C1C. The minimum absolute atomic E-state index is 0.00656. The van der Waals surface area contributed by atoms with Crippen molar-refractivity contribution in [1.82, 2.24) is 5.32 Å². The van der Waals surface area contributed by atoms with E-state index in [1.807, 2.05) is 13.8 Å². The van der Waals surface area contributed by atoms with Gasteiger partial charge in [0.15, 0.2) is 0 Å². The Morgan fingerprint density at radius 3 is 2.44 bits per heavy atom. The van der Waals surface area contributed by atoms with Crippen molar-refractivity contribution >= 4 is 5.91 Å². The van der Waals surface area contributed by atoms with Crippen molar-refractivity contribution in [1.29, 1.82) is 0 Å². The molecule has 1 amide bonds. The second kappa shape index (κ2) is 7.10. The highest BCUT2D eigenvalue weighted by molar-refractivity contribution is 5.79. The van der Waals surface area contributed by atoms with Gasteiger partial charge in [-0.15, -0.1) is 0 Å². The molecule has 0 aromatic rings. The second-order valence-electron chi connectivity index (χ2n) is 5.46. The van der Waals surface area contributed by atoms with Crippen molar-refractivity contribution in [2.75, 3.05) is 13.2 Å². The highest BCUT2D eigenvalue weighted by atomic mass is 16.5. The summed E-state index contributed by atoms with van der Waals surface area (Å²) in [7, 11) is 0. The van der Waals surface area contributed by atoms with Crippen LogP contribution in [-0.2, 0) is 9.53 Å². The van der Waals surface area contributed by atoms with Crippen molar-refractivity contribution in [3.63, 3.8) is 0 Å². The predicted octanol–water partition coefficient (Wildman–Crippen LogP) is 1.57. The number of hydrogen-bond acceptors (Lipinski definition) is 3. The molecule has 0 bridgehead atoms. The fourth-order valence-electron chi connectivity index (χ4n) is 2.71. The first-order chi connectivity index (χ1) is 8.51. The molecule has 4 heteroatoms. The first kappa shape index (κ1) is 15.4. The first-order valence-corrected chi connectivity index (χ1v) is 7.05. The van der Waals surface area contributed by atoms with Gasteiger partial charge in [-0.2, -0.15) is 0 Å². The largest absolute Gasteiger partial charge is 0.396 e. The van der Waals surface area contributed by atoms with E-state index in [9.17, 15) is 4.79 Å². The Balaban J connectivity index is 2.45. The summed E-state index contributed by atoms with van der Waals surface area (Å²) in [4.78, 5) is 12.2. The Morgan fingerprint density at radius 1 is 1.33 bits per heavy atom. The number of ether oxygens (including phenoxy) is 1. The monoisotopic (exact) mass is 257 g/mol. The minimum Gasteiger partial charge on any atom is -0.396 e. The average Bonchev–Trinajstić information content (AvgIpc) is 2.58. The van der Waals surface area contributed by atoms with Gasteiger partial charge in [-0.05, 0) is 32.1 Å². The molecule has 1 rings (SSSR count). The Bertz CT molecular complexity index is 270. The smallest absolute Gasteiger partial charge is 0.226 e. The third-order valence-corrected chi connectivity index (χ3v) is 4.22. The van der Waals surface area contributed by atoms with E-state index in [-0.39, 0.29) is 36.6 Å². The lowest BCUT2D eigenvalue weighted by molar-refractivity contribution is -0.127. The number of aliphatic hydroxyl groups excluding tert-OH is 1. The maximum absolute atomic E-state index is 12.2. The van der Waals surface area contributed by atoms with E-state index < -0.39 is 0 Å². The summed E-state index contributed by atoms with van der Waals surface area (Å²) in [6.07, 6.45) is 1.87. The maximum atomic E-state index is 12.2. The van der Waals surface area contributed by atoms with E-state index in [1.54, 1.807) is 0 Å². The van der Waals surface area contributed by atoms with Gasteiger partial charge in [0.2, 0.25) is 5.91 Å². The number of nitrogens with one attached hydrogen (secondary N) is 1. The van der Waals surface area contributed by atoms with Crippen molar-refractivity contribution in [2.24, 2.45) is 17.8 Å². The molecule has 1 saturated heterocycles. The maximum Gasteiger partial charge on any atom is 0.226 e. The Hall–Kier alpha value is -0.610. The summed E-state index contributed by atoms with van der Waals surface area (Å²) >= 11 is 0. The molecule has 1 aliphatic rings. The number of carbonyl (C=O) groups is 1. The van der Waals surface area contributed by atoms with Crippen LogP contribution in [0.4, 0.5) is 0 Å². The molecule has 0 aliphatic carbocycles. The van der Waals surface area contributed by atoms with Crippen molar-refractivity contribution in [3.8, 4) is 0 Å². The third kappa shape index (κ3) is 3.69. The van der Waals surface area contributed by atoms with E-state index in [0.29, 0.717) is 12.5 Å². The van der Waals surface area contributed by atoms with Gasteiger partial charge in [0.05, 0.1) is 18.1 Å². The molecule has 1 heterocycles. The van der Waals surface area contributed by atoms with Gasteiger partial charge in [-0.25, -0.2) is 0 Å². The second-order valence-corrected chi connectivity index (χ2v) is 5.46. The zero-order valence-corrected chi connectivity index (χ0v) is 12.0. The fraction of sp³-hybridized carbons (Fsp3) is 0.929. The molecular weight excluding hydrogens is 230 g/mol. The quantitative estimate of drug-likeness (QED) is 0.759. The molecule has 5 unspecified atom stereocenters. The Morgan fingerprint density at radius 2 is 2.00 bits per heavy atom. The third-order valence-electron chi connectivity index (χ3n) is 4.22. The molecule has 0 aromatic heterocycles. The van der Waals surface area contributed by atoms with E-state index in [1.165, 1.54) is 0 Å². The minimum atomic E-state index is -0.0494. The van der Waals surface area contributed by atoms with E-state index in [4.69, 9.17) is 9.84 Å². The van der Waals surface area contributed by atoms with Gasteiger partial charge >= 0.3 is 0 Å². The standard InChI is InChI=1S/C14H27NO3/c1-5-12(6-7-16)8-15-14(17)13-9(2)10(3)18-11(13)4/h9-13,16H,5-8H2,1-4H3,(H,15,17). The molecule has 0 radical (unpaired) electrons. The van der Waals surface area contributed by atoms with Gasteiger partial charge in [0.1, 0.15) is 0 Å². The number of amides is 1. The molecule has 106 valence electrons. The lowest BCUT2D eigenvalue weighted by Crippen LogP contribution is -2.39.